The molecule has 1 N–H and O–H groups in total. The van der Waals surface area contributed by atoms with Crippen LogP contribution in [0.3, 0.4) is 0 Å². The first kappa shape index (κ1) is 14.8. The van der Waals surface area contributed by atoms with Crippen LogP contribution in [0.25, 0.3) is 0 Å². The van der Waals surface area contributed by atoms with Crippen LogP contribution in [0.2, 0.25) is 0 Å². The first-order chi connectivity index (χ1) is 9.00. The van der Waals surface area contributed by atoms with E-state index in [1.165, 1.54) is 32.1 Å². The van der Waals surface area contributed by atoms with Gasteiger partial charge in [-0.05, 0) is 31.6 Å². The SMILES string of the molecule is CCCCC1CCC(c2nc(S(=O)(=O)Cl)n[nH]2)CC1. The van der Waals surface area contributed by atoms with Crippen LogP contribution in [0.1, 0.15) is 63.6 Å². The van der Waals surface area contributed by atoms with E-state index in [0.717, 1.165) is 18.8 Å². The van der Waals surface area contributed by atoms with E-state index in [1.807, 2.05) is 0 Å². The van der Waals surface area contributed by atoms with E-state index in [0.29, 0.717) is 5.82 Å². The molecule has 0 radical (unpaired) electrons. The summed E-state index contributed by atoms with van der Waals surface area (Å²) < 4.78 is 22.2. The minimum absolute atomic E-state index is 0.289. The van der Waals surface area contributed by atoms with Crippen LogP contribution in [0, 0.1) is 5.92 Å². The zero-order valence-electron chi connectivity index (χ0n) is 11.1. The summed E-state index contributed by atoms with van der Waals surface area (Å²) in [5.41, 5.74) is 0. The predicted octanol–water partition coefficient (Wildman–Crippen LogP) is 3.20. The highest BCUT2D eigenvalue weighted by atomic mass is 35.7. The molecule has 0 saturated heterocycles. The van der Waals surface area contributed by atoms with Gasteiger partial charge in [0.05, 0.1) is 0 Å². The molecule has 7 heteroatoms. The Kier molecular flexibility index (Phi) is 4.84. The van der Waals surface area contributed by atoms with Gasteiger partial charge in [0.15, 0.2) is 0 Å². The van der Waals surface area contributed by atoms with Gasteiger partial charge in [0.25, 0.3) is 14.2 Å². The fourth-order valence-corrected chi connectivity index (χ4v) is 3.34. The van der Waals surface area contributed by atoms with Gasteiger partial charge in [-0.1, -0.05) is 26.2 Å². The number of nitrogens with one attached hydrogen (secondary N) is 1. The second-order valence-electron chi connectivity index (χ2n) is 5.30. The second kappa shape index (κ2) is 6.22. The summed E-state index contributed by atoms with van der Waals surface area (Å²) in [6.45, 7) is 2.22. The molecule has 108 valence electrons. The molecular weight excluding hydrogens is 286 g/mol. The summed E-state index contributed by atoms with van der Waals surface area (Å²) in [7, 11) is 1.39. The molecule has 5 nitrogen and oxygen atoms in total. The van der Waals surface area contributed by atoms with Crippen LogP contribution in [0.15, 0.2) is 5.16 Å². The maximum absolute atomic E-state index is 11.1. The van der Waals surface area contributed by atoms with Gasteiger partial charge in [-0.2, -0.15) is 0 Å². The summed E-state index contributed by atoms with van der Waals surface area (Å²) >= 11 is 0. The van der Waals surface area contributed by atoms with Crippen LogP contribution in [-0.2, 0) is 9.05 Å². The van der Waals surface area contributed by atoms with Crippen LogP contribution >= 0.6 is 10.7 Å². The van der Waals surface area contributed by atoms with Crippen LogP contribution < -0.4 is 0 Å². The van der Waals surface area contributed by atoms with E-state index in [2.05, 4.69) is 22.1 Å². The lowest BCUT2D eigenvalue weighted by Crippen LogP contribution is -2.14. The fraction of sp³-hybridized carbons (Fsp3) is 0.833. The van der Waals surface area contributed by atoms with Gasteiger partial charge < -0.3 is 0 Å². The number of nitrogens with zero attached hydrogens (tertiary/aromatic N) is 2. The Bertz CT molecular complexity index is 507. The lowest BCUT2D eigenvalue weighted by atomic mass is 9.79. The zero-order chi connectivity index (χ0) is 13.9. The van der Waals surface area contributed by atoms with Gasteiger partial charge in [-0.3, -0.25) is 5.10 Å². The van der Waals surface area contributed by atoms with E-state index in [9.17, 15) is 8.42 Å². The molecule has 0 bridgehead atoms. The molecule has 0 aliphatic heterocycles. The van der Waals surface area contributed by atoms with Gasteiger partial charge in [0.2, 0.25) is 0 Å². The summed E-state index contributed by atoms with van der Waals surface area (Å²) in [5.74, 6) is 1.76. The largest absolute Gasteiger partial charge is 0.298 e. The monoisotopic (exact) mass is 305 g/mol. The average Bonchev–Trinajstić information content (AvgIpc) is 2.86. The fourth-order valence-electron chi connectivity index (χ4n) is 2.77. The molecule has 1 aromatic rings. The molecule has 0 amide bonds. The lowest BCUT2D eigenvalue weighted by molar-refractivity contribution is 0.298. The predicted molar refractivity (Wildman–Crippen MR) is 73.6 cm³/mol. The third-order valence-corrected chi connectivity index (χ3v) is 4.93. The van der Waals surface area contributed by atoms with E-state index in [4.69, 9.17) is 10.7 Å². The molecule has 1 aromatic heterocycles. The Balaban J connectivity index is 1.93. The Morgan fingerprint density at radius 2 is 2.00 bits per heavy atom. The molecule has 0 aromatic carbocycles. The minimum Gasteiger partial charge on any atom is -0.262 e. The number of rotatable bonds is 5. The highest BCUT2D eigenvalue weighted by Gasteiger charge is 2.26. The van der Waals surface area contributed by atoms with Crippen molar-refractivity contribution in [2.75, 3.05) is 0 Å². The number of hydrogen-bond acceptors (Lipinski definition) is 4. The minimum atomic E-state index is -3.82. The molecular formula is C12H20ClN3O2S. The van der Waals surface area contributed by atoms with E-state index in [1.54, 1.807) is 0 Å². The smallest absolute Gasteiger partial charge is 0.262 e. The molecule has 2 rings (SSSR count). The maximum Gasteiger partial charge on any atom is 0.298 e. The molecule has 1 heterocycles. The van der Waals surface area contributed by atoms with E-state index < -0.39 is 9.05 Å². The van der Waals surface area contributed by atoms with Crippen molar-refractivity contribution in [3.8, 4) is 0 Å². The van der Waals surface area contributed by atoms with Crippen molar-refractivity contribution in [2.45, 2.75) is 62.9 Å². The number of H-pyrrole nitrogens is 1. The van der Waals surface area contributed by atoms with Gasteiger partial charge >= 0.3 is 0 Å². The van der Waals surface area contributed by atoms with E-state index >= 15 is 0 Å². The molecule has 19 heavy (non-hydrogen) atoms. The highest BCUT2D eigenvalue weighted by molar-refractivity contribution is 8.13. The lowest BCUT2D eigenvalue weighted by Gasteiger charge is -2.26. The normalized spacial score (nSPS) is 24.5. The molecule has 0 spiro atoms. The molecule has 0 unspecified atom stereocenters. The Morgan fingerprint density at radius 1 is 1.32 bits per heavy atom. The topological polar surface area (TPSA) is 75.7 Å². The maximum atomic E-state index is 11.1. The van der Waals surface area contributed by atoms with Gasteiger partial charge in [0, 0.05) is 16.6 Å². The van der Waals surface area contributed by atoms with Crippen molar-refractivity contribution < 1.29 is 8.42 Å². The van der Waals surface area contributed by atoms with Crippen molar-refractivity contribution in [1.82, 2.24) is 15.2 Å². The summed E-state index contributed by atoms with van der Waals surface area (Å²) in [4.78, 5) is 4.01. The number of hydrogen-bond donors (Lipinski definition) is 1. The summed E-state index contributed by atoms with van der Waals surface area (Å²) in [6, 6.07) is 0. The number of aromatic amines is 1. The van der Waals surface area contributed by atoms with Crippen LogP contribution in [0.4, 0.5) is 0 Å². The molecule has 1 aliphatic carbocycles. The highest BCUT2D eigenvalue weighted by Crippen LogP contribution is 2.36. The van der Waals surface area contributed by atoms with Crippen molar-refractivity contribution in [1.29, 1.82) is 0 Å². The van der Waals surface area contributed by atoms with Crippen LogP contribution in [0.5, 0.6) is 0 Å². The van der Waals surface area contributed by atoms with Crippen molar-refractivity contribution in [2.24, 2.45) is 5.92 Å². The summed E-state index contributed by atoms with van der Waals surface area (Å²) in [5, 5.41) is 6.08. The quantitative estimate of drug-likeness (QED) is 0.848. The van der Waals surface area contributed by atoms with Gasteiger partial charge in [0.1, 0.15) is 5.82 Å². The Labute approximate surface area is 118 Å². The van der Waals surface area contributed by atoms with E-state index in [-0.39, 0.29) is 11.1 Å². The molecule has 1 aliphatic rings. The van der Waals surface area contributed by atoms with Gasteiger partial charge in [-0.25, -0.2) is 13.4 Å². The second-order valence-corrected chi connectivity index (χ2v) is 7.76. The van der Waals surface area contributed by atoms with Crippen molar-refractivity contribution in [3.63, 3.8) is 0 Å². The Morgan fingerprint density at radius 3 is 2.53 bits per heavy atom. The van der Waals surface area contributed by atoms with Crippen molar-refractivity contribution >= 4 is 19.7 Å². The van der Waals surface area contributed by atoms with Gasteiger partial charge in [-0.15, -0.1) is 5.10 Å². The Hall–Kier alpha value is -0.620. The standard InChI is InChI=1S/C12H20ClN3O2S/c1-2-3-4-9-5-7-10(8-6-9)11-14-12(16-15-11)19(13,17)18/h9-10H,2-8H2,1H3,(H,14,15,16). The van der Waals surface area contributed by atoms with Crippen LogP contribution in [-0.4, -0.2) is 23.6 Å². The first-order valence-electron chi connectivity index (χ1n) is 6.87. The third-order valence-electron chi connectivity index (χ3n) is 3.90. The number of unbranched alkanes of at least 4 members (excludes halogenated alkanes) is 1. The zero-order valence-corrected chi connectivity index (χ0v) is 12.7. The third kappa shape index (κ3) is 3.92. The van der Waals surface area contributed by atoms with Crippen molar-refractivity contribution in [3.05, 3.63) is 5.82 Å². The summed E-state index contributed by atoms with van der Waals surface area (Å²) in [6.07, 6.45) is 8.32. The molecule has 1 saturated carbocycles. The first-order valence-corrected chi connectivity index (χ1v) is 9.18. The number of aromatic nitrogens is 3. The molecule has 1 fully saturated rings. The molecule has 0 atom stereocenters. The number of halogens is 1. The average molecular weight is 306 g/mol.